The highest BCUT2D eigenvalue weighted by molar-refractivity contribution is 5.80. The third kappa shape index (κ3) is 4.77. The third-order valence-corrected chi connectivity index (χ3v) is 6.27. The van der Waals surface area contributed by atoms with E-state index in [1.54, 1.807) is 24.5 Å². The van der Waals surface area contributed by atoms with E-state index in [4.69, 9.17) is 9.97 Å². The molecule has 0 bridgehead atoms. The lowest BCUT2D eigenvalue weighted by molar-refractivity contribution is -0.136. The summed E-state index contributed by atoms with van der Waals surface area (Å²) < 4.78 is 13.7. The van der Waals surface area contributed by atoms with Crippen LogP contribution in [-0.2, 0) is 4.79 Å². The van der Waals surface area contributed by atoms with Gasteiger partial charge in [-0.3, -0.25) is 9.78 Å². The summed E-state index contributed by atoms with van der Waals surface area (Å²) in [4.78, 5) is 29.0. The Balaban J connectivity index is 1.50. The van der Waals surface area contributed by atoms with Gasteiger partial charge in [-0.05, 0) is 62.4 Å². The average Bonchev–Trinajstić information content (AvgIpc) is 3.35. The molecule has 0 unspecified atom stereocenters. The number of carbonyl (C=O) groups is 1. The minimum atomic E-state index is -0.322. The molecule has 2 atom stereocenters. The van der Waals surface area contributed by atoms with Crippen LogP contribution in [0.5, 0.6) is 0 Å². The molecule has 1 N–H and O–H groups in total. The maximum absolute atomic E-state index is 13.7. The van der Waals surface area contributed by atoms with Crippen LogP contribution >= 0.6 is 0 Å². The Morgan fingerprint density at radius 2 is 1.94 bits per heavy atom. The summed E-state index contributed by atoms with van der Waals surface area (Å²) in [5.74, 6) is 1.08. The lowest BCUT2D eigenvalue weighted by atomic mass is 9.93. The number of nitrogens with zero attached hydrogens (tertiary/aromatic N) is 4. The molecule has 1 aromatic carbocycles. The second kappa shape index (κ2) is 9.48. The van der Waals surface area contributed by atoms with Crippen LogP contribution < -0.4 is 5.32 Å². The van der Waals surface area contributed by atoms with Crippen LogP contribution in [0, 0.1) is 11.7 Å². The van der Waals surface area contributed by atoms with Crippen LogP contribution in [0.4, 0.5) is 15.9 Å². The first-order valence-electron chi connectivity index (χ1n) is 11.4. The maximum atomic E-state index is 13.7. The van der Waals surface area contributed by atoms with Gasteiger partial charge in [-0.2, -0.15) is 0 Å². The second-order valence-corrected chi connectivity index (χ2v) is 8.54. The van der Waals surface area contributed by atoms with Gasteiger partial charge in [-0.1, -0.05) is 18.2 Å². The van der Waals surface area contributed by atoms with E-state index < -0.39 is 0 Å². The highest BCUT2D eigenvalue weighted by atomic mass is 19.1. The number of pyridine rings is 1. The number of amides is 1. The normalized spacial score (nSPS) is 20.1. The minimum Gasteiger partial charge on any atom is -0.340 e. The van der Waals surface area contributed by atoms with Gasteiger partial charge in [0.2, 0.25) is 5.91 Å². The first kappa shape index (κ1) is 21.2. The average molecular weight is 444 g/mol. The van der Waals surface area contributed by atoms with Crippen molar-refractivity contribution in [2.75, 3.05) is 11.9 Å². The van der Waals surface area contributed by atoms with E-state index in [2.05, 4.69) is 22.5 Å². The fraction of sp³-hybridized carbons (Fsp3) is 0.308. The molecule has 168 valence electrons. The van der Waals surface area contributed by atoms with Crippen molar-refractivity contribution in [1.29, 1.82) is 0 Å². The van der Waals surface area contributed by atoms with Crippen LogP contribution in [0.3, 0.4) is 0 Å². The number of benzene rings is 1. The molecule has 0 spiro atoms. The van der Waals surface area contributed by atoms with Crippen molar-refractivity contribution in [2.24, 2.45) is 5.92 Å². The van der Waals surface area contributed by atoms with Crippen LogP contribution in [0.15, 0.2) is 67.0 Å². The number of aromatic nitrogens is 3. The van der Waals surface area contributed by atoms with E-state index >= 15 is 0 Å². The van der Waals surface area contributed by atoms with Gasteiger partial charge in [-0.25, -0.2) is 14.4 Å². The molecule has 0 saturated carbocycles. The zero-order valence-corrected chi connectivity index (χ0v) is 18.3. The van der Waals surface area contributed by atoms with E-state index in [0.29, 0.717) is 17.3 Å². The molecule has 3 aromatic rings. The number of hydrogen-bond acceptors (Lipinski definition) is 5. The summed E-state index contributed by atoms with van der Waals surface area (Å²) in [5.41, 5.74) is 2.25. The van der Waals surface area contributed by atoms with E-state index in [0.717, 1.165) is 49.9 Å². The number of rotatable bonds is 5. The zero-order valence-electron chi connectivity index (χ0n) is 18.3. The molecule has 0 radical (unpaired) electrons. The smallest absolute Gasteiger partial charge is 0.226 e. The Morgan fingerprint density at radius 3 is 2.73 bits per heavy atom. The summed E-state index contributed by atoms with van der Waals surface area (Å²) in [7, 11) is 0. The van der Waals surface area contributed by atoms with Gasteiger partial charge in [0.05, 0.1) is 11.7 Å². The number of hydrogen-bond donors (Lipinski definition) is 1. The predicted molar refractivity (Wildman–Crippen MR) is 125 cm³/mol. The molecule has 3 heterocycles. The Bertz CT molecular complexity index is 1170. The molecule has 1 aliphatic heterocycles. The second-order valence-electron chi connectivity index (χ2n) is 8.54. The van der Waals surface area contributed by atoms with Crippen LogP contribution in [-0.4, -0.2) is 32.3 Å². The van der Waals surface area contributed by atoms with E-state index in [-0.39, 0.29) is 23.7 Å². The zero-order chi connectivity index (χ0) is 22.6. The summed E-state index contributed by atoms with van der Waals surface area (Å²) in [6.07, 6.45) is 12.1. The number of anilines is 2. The lowest BCUT2D eigenvalue weighted by Crippen LogP contribution is -2.36. The largest absolute Gasteiger partial charge is 0.340 e. The summed E-state index contributed by atoms with van der Waals surface area (Å²) in [5, 5.41) is 3.21. The fourth-order valence-corrected chi connectivity index (χ4v) is 4.61. The monoisotopic (exact) mass is 443 g/mol. The molecule has 1 aliphatic carbocycles. The van der Waals surface area contributed by atoms with Gasteiger partial charge in [-0.15, -0.1) is 0 Å². The SMILES string of the molecule is O=C([C@H]1CC=CCC1)N1CCC[C@@H]1c1nc(Nc2cccc(F)c2)cc(-c2ccncc2)n1. The van der Waals surface area contributed by atoms with Gasteiger partial charge >= 0.3 is 0 Å². The van der Waals surface area contributed by atoms with Crippen molar-refractivity contribution >= 4 is 17.4 Å². The standard InChI is InChI=1S/C26H26FN5O/c27-20-8-4-9-21(16-20)29-24-17-22(18-11-13-28-14-12-18)30-25(31-24)23-10-5-15-32(23)26(33)19-6-2-1-3-7-19/h1-2,4,8-9,11-14,16-17,19,23H,3,5-7,10,15H2,(H,29,30,31)/t19-,23+/m0/s1. The molecule has 5 rings (SSSR count). The highest BCUT2D eigenvalue weighted by Crippen LogP contribution is 2.35. The topological polar surface area (TPSA) is 71.0 Å². The van der Waals surface area contributed by atoms with Crippen molar-refractivity contribution in [2.45, 2.75) is 38.1 Å². The Hall–Kier alpha value is -3.61. The highest BCUT2D eigenvalue weighted by Gasteiger charge is 2.35. The predicted octanol–water partition coefficient (Wildman–Crippen LogP) is 5.44. The summed E-state index contributed by atoms with van der Waals surface area (Å²) >= 11 is 0. The quantitative estimate of drug-likeness (QED) is 0.532. The van der Waals surface area contributed by atoms with Gasteiger partial charge in [0, 0.05) is 42.2 Å². The van der Waals surface area contributed by atoms with Crippen molar-refractivity contribution in [3.63, 3.8) is 0 Å². The molecular formula is C26H26FN5O. The number of allylic oxidation sites excluding steroid dienone is 2. The molecule has 1 amide bonds. The van der Waals surface area contributed by atoms with Gasteiger partial charge in [0.25, 0.3) is 0 Å². The Morgan fingerprint density at radius 1 is 1.06 bits per heavy atom. The number of nitrogens with one attached hydrogen (secondary N) is 1. The third-order valence-electron chi connectivity index (χ3n) is 6.27. The van der Waals surface area contributed by atoms with E-state index in [1.165, 1.54) is 12.1 Å². The first-order valence-corrected chi connectivity index (χ1v) is 11.4. The van der Waals surface area contributed by atoms with Crippen molar-refractivity contribution < 1.29 is 9.18 Å². The number of carbonyl (C=O) groups excluding carboxylic acids is 1. The van der Waals surface area contributed by atoms with Crippen LogP contribution in [0.2, 0.25) is 0 Å². The molecule has 7 heteroatoms. The molecule has 2 aromatic heterocycles. The van der Waals surface area contributed by atoms with E-state index in [9.17, 15) is 9.18 Å². The van der Waals surface area contributed by atoms with Crippen LogP contribution in [0.25, 0.3) is 11.3 Å². The molecule has 6 nitrogen and oxygen atoms in total. The minimum absolute atomic E-state index is 0.0314. The fourth-order valence-electron chi connectivity index (χ4n) is 4.61. The van der Waals surface area contributed by atoms with Crippen LogP contribution in [0.1, 0.15) is 44.0 Å². The molecule has 33 heavy (non-hydrogen) atoms. The Kier molecular flexibility index (Phi) is 6.11. The van der Waals surface area contributed by atoms with Gasteiger partial charge in [0.1, 0.15) is 11.6 Å². The summed E-state index contributed by atoms with van der Waals surface area (Å²) in [6.45, 7) is 0.721. The Labute approximate surface area is 192 Å². The maximum Gasteiger partial charge on any atom is 0.226 e. The van der Waals surface area contributed by atoms with Gasteiger partial charge in [0.15, 0.2) is 5.82 Å². The molecule has 2 aliphatic rings. The molecule has 1 saturated heterocycles. The van der Waals surface area contributed by atoms with Crippen molar-refractivity contribution in [3.05, 3.63) is 78.7 Å². The lowest BCUT2D eigenvalue weighted by Gasteiger charge is -2.29. The molecule has 1 fully saturated rings. The van der Waals surface area contributed by atoms with Gasteiger partial charge < -0.3 is 10.2 Å². The molecular weight excluding hydrogens is 417 g/mol. The number of halogens is 1. The van der Waals surface area contributed by atoms with E-state index in [1.807, 2.05) is 23.1 Å². The van der Waals surface area contributed by atoms with Crippen molar-refractivity contribution in [3.8, 4) is 11.3 Å². The first-order chi connectivity index (χ1) is 16.2. The summed E-state index contributed by atoms with van der Waals surface area (Å²) in [6, 6.07) is 11.7. The number of likely N-dealkylation sites (tertiary alicyclic amines) is 1. The van der Waals surface area contributed by atoms with Crippen molar-refractivity contribution in [1.82, 2.24) is 19.9 Å².